The Labute approximate surface area is 172 Å². The Bertz CT molecular complexity index is 971. The van der Waals surface area contributed by atoms with Crippen LogP contribution in [0, 0.1) is 6.92 Å². The van der Waals surface area contributed by atoms with Gasteiger partial charge < -0.3 is 10.1 Å². The van der Waals surface area contributed by atoms with Gasteiger partial charge in [-0.1, -0.05) is 25.1 Å². The second-order valence-electron chi connectivity index (χ2n) is 7.30. The standard InChI is InChI=1S/C22H28N2O4S/c1-4-20(17-9-11-19(28-3)12-10-17)23-22(25)18-8-7-16(2)21(15-18)24-13-5-6-14-29(24,26)27/h7-12,15,20H,4-6,13-14H2,1-3H3,(H,23,25). The number of amides is 1. The highest BCUT2D eigenvalue weighted by atomic mass is 32.2. The van der Waals surface area contributed by atoms with Crippen LogP contribution in [0.25, 0.3) is 0 Å². The summed E-state index contributed by atoms with van der Waals surface area (Å²) in [6.07, 6.45) is 2.24. The zero-order chi connectivity index (χ0) is 21.0. The third kappa shape index (κ3) is 4.72. The second-order valence-corrected chi connectivity index (χ2v) is 9.32. The van der Waals surface area contributed by atoms with Gasteiger partial charge >= 0.3 is 0 Å². The highest BCUT2D eigenvalue weighted by Gasteiger charge is 2.28. The van der Waals surface area contributed by atoms with Crippen molar-refractivity contribution < 1.29 is 17.9 Å². The molecule has 1 saturated heterocycles. The lowest BCUT2D eigenvalue weighted by atomic mass is 10.0. The molecule has 2 aromatic carbocycles. The third-order valence-electron chi connectivity index (χ3n) is 5.32. The van der Waals surface area contributed by atoms with E-state index in [2.05, 4.69) is 5.32 Å². The van der Waals surface area contributed by atoms with Crippen molar-refractivity contribution in [2.75, 3.05) is 23.7 Å². The van der Waals surface area contributed by atoms with Crippen LogP contribution in [0.3, 0.4) is 0 Å². The number of carbonyl (C=O) groups is 1. The summed E-state index contributed by atoms with van der Waals surface area (Å²) in [6.45, 7) is 4.33. The highest BCUT2D eigenvalue weighted by Crippen LogP contribution is 2.28. The van der Waals surface area contributed by atoms with Gasteiger partial charge in [0.1, 0.15) is 5.75 Å². The summed E-state index contributed by atoms with van der Waals surface area (Å²) < 4.78 is 31.6. The van der Waals surface area contributed by atoms with Gasteiger partial charge in [0.15, 0.2) is 0 Å². The van der Waals surface area contributed by atoms with E-state index in [9.17, 15) is 13.2 Å². The maximum atomic E-state index is 12.9. The van der Waals surface area contributed by atoms with E-state index in [0.29, 0.717) is 24.2 Å². The van der Waals surface area contributed by atoms with E-state index in [0.717, 1.165) is 29.7 Å². The quantitative estimate of drug-likeness (QED) is 0.777. The van der Waals surface area contributed by atoms with Crippen LogP contribution in [0.1, 0.15) is 53.7 Å². The summed E-state index contributed by atoms with van der Waals surface area (Å²) in [5, 5.41) is 3.06. The number of rotatable bonds is 6. The SMILES string of the molecule is CCC(NC(=O)c1ccc(C)c(N2CCCCS2(=O)=O)c1)c1ccc(OC)cc1. The third-order valence-corrected chi connectivity index (χ3v) is 7.18. The van der Waals surface area contributed by atoms with Crippen LogP contribution in [-0.4, -0.2) is 33.7 Å². The van der Waals surface area contributed by atoms with E-state index in [1.54, 1.807) is 19.2 Å². The number of benzene rings is 2. The molecular formula is C22H28N2O4S. The molecule has 1 atom stereocenters. The largest absolute Gasteiger partial charge is 0.497 e. The number of nitrogens with zero attached hydrogens (tertiary/aromatic N) is 1. The van der Waals surface area contributed by atoms with Crippen LogP contribution in [-0.2, 0) is 10.0 Å². The van der Waals surface area contributed by atoms with Gasteiger partial charge in [-0.2, -0.15) is 0 Å². The van der Waals surface area contributed by atoms with Crippen LogP contribution < -0.4 is 14.4 Å². The lowest BCUT2D eigenvalue weighted by Gasteiger charge is -2.30. The molecule has 1 aliphatic rings. The minimum Gasteiger partial charge on any atom is -0.497 e. The van der Waals surface area contributed by atoms with Crippen molar-refractivity contribution in [3.05, 3.63) is 59.2 Å². The van der Waals surface area contributed by atoms with E-state index in [4.69, 9.17) is 4.74 Å². The Morgan fingerprint density at radius 1 is 1.17 bits per heavy atom. The molecule has 0 saturated carbocycles. The molecule has 156 valence electrons. The fourth-order valence-electron chi connectivity index (χ4n) is 3.58. The molecule has 7 heteroatoms. The first-order valence-corrected chi connectivity index (χ1v) is 11.5. The molecule has 3 rings (SSSR count). The number of nitrogens with one attached hydrogen (secondary N) is 1. The molecule has 1 aliphatic heterocycles. The van der Waals surface area contributed by atoms with Crippen LogP contribution in [0.5, 0.6) is 5.75 Å². The molecule has 0 aliphatic carbocycles. The second kappa shape index (κ2) is 8.86. The van der Waals surface area contributed by atoms with Crippen LogP contribution in [0.4, 0.5) is 5.69 Å². The fraction of sp³-hybridized carbons (Fsp3) is 0.409. The average Bonchev–Trinajstić information content (AvgIpc) is 2.72. The number of methoxy groups -OCH3 is 1. The first kappa shape index (κ1) is 21.2. The lowest BCUT2D eigenvalue weighted by Crippen LogP contribution is -2.38. The van der Waals surface area contributed by atoms with Gasteiger partial charge in [0, 0.05) is 12.1 Å². The van der Waals surface area contributed by atoms with Crippen molar-refractivity contribution in [2.45, 2.75) is 39.2 Å². The van der Waals surface area contributed by atoms with Gasteiger partial charge in [-0.25, -0.2) is 8.42 Å². The molecule has 6 nitrogen and oxygen atoms in total. The van der Waals surface area contributed by atoms with Gasteiger partial charge in [-0.15, -0.1) is 0 Å². The van der Waals surface area contributed by atoms with E-state index in [1.807, 2.05) is 44.2 Å². The zero-order valence-corrected chi connectivity index (χ0v) is 18.0. The van der Waals surface area contributed by atoms with Crippen molar-refractivity contribution in [3.63, 3.8) is 0 Å². The molecule has 1 heterocycles. The van der Waals surface area contributed by atoms with Crippen LogP contribution >= 0.6 is 0 Å². The monoisotopic (exact) mass is 416 g/mol. The normalized spacial score (nSPS) is 16.9. The van der Waals surface area contributed by atoms with Crippen molar-refractivity contribution in [2.24, 2.45) is 0 Å². The highest BCUT2D eigenvalue weighted by molar-refractivity contribution is 7.92. The fourth-order valence-corrected chi connectivity index (χ4v) is 5.27. The van der Waals surface area contributed by atoms with Crippen LogP contribution in [0.15, 0.2) is 42.5 Å². The summed E-state index contributed by atoms with van der Waals surface area (Å²) in [6, 6.07) is 12.7. The molecule has 0 aromatic heterocycles. The number of anilines is 1. The Morgan fingerprint density at radius 3 is 2.52 bits per heavy atom. The molecule has 1 amide bonds. The number of carbonyl (C=O) groups excluding carboxylic acids is 1. The Kier molecular flexibility index (Phi) is 6.47. The predicted octanol–water partition coefficient (Wildman–Crippen LogP) is 3.81. The summed E-state index contributed by atoms with van der Waals surface area (Å²) in [7, 11) is -1.71. The number of aryl methyl sites for hydroxylation is 1. The Hall–Kier alpha value is -2.54. The first-order valence-electron chi connectivity index (χ1n) is 9.91. The molecule has 0 spiro atoms. The van der Waals surface area contributed by atoms with Crippen molar-refractivity contribution in [1.29, 1.82) is 0 Å². The Balaban J connectivity index is 1.83. The maximum Gasteiger partial charge on any atom is 0.251 e. The first-order chi connectivity index (χ1) is 13.9. The molecule has 1 unspecified atom stereocenters. The molecule has 0 bridgehead atoms. The molecule has 1 N–H and O–H groups in total. The average molecular weight is 417 g/mol. The van der Waals surface area contributed by atoms with Crippen molar-refractivity contribution >= 4 is 21.6 Å². The number of hydrogen-bond acceptors (Lipinski definition) is 4. The lowest BCUT2D eigenvalue weighted by molar-refractivity contribution is 0.0935. The Morgan fingerprint density at radius 2 is 1.90 bits per heavy atom. The minimum atomic E-state index is -3.33. The predicted molar refractivity (Wildman–Crippen MR) is 115 cm³/mol. The molecule has 0 radical (unpaired) electrons. The number of sulfonamides is 1. The van der Waals surface area contributed by atoms with E-state index < -0.39 is 10.0 Å². The van der Waals surface area contributed by atoms with Gasteiger partial charge in [0.05, 0.1) is 24.6 Å². The van der Waals surface area contributed by atoms with Gasteiger partial charge in [-0.05, 0) is 61.6 Å². The smallest absolute Gasteiger partial charge is 0.251 e. The summed E-state index contributed by atoms with van der Waals surface area (Å²) in [4.78, 5) is 12.9. The summed E-state index contributed by atoms with van der Waals surface area (Å²) >= 11 is 0. The molecule has 1 fully saturated rings. The van der Waals surface area contributed by atoms with E-state index in [1.165, 1.54) is 4.31 Å². The van der Waals surface area contributed by atoms with E-state index >= 15 is 0 Å². The van der Waals surface area contributed by atoms with Crippen molar-refractivity contribution in [1.82, 2.24) is 5.32 Å². The zero-order valence-electron chi connectivity index (χ0n) is 17.1. The number of ether oxygens (including phenoxy) is 1. The topological polar surface area (TPSA) is 75.7 Å². The molecule has 2 aromatic rings. The summed E-state index contributed by atoms with van der Waals surface area (Å²) in [5.74, 6) is 0.697. The van der Waals surface area contributed by atoms with E-state index in [-0.39, 0.29) is 17.7 Å². The van der Waals surface area contributed by atoms with Gasteiger partial charge in [-0.3, -0.25) is 9.10 Å². The maximum absolute atomic E-state index is 12.9. The van der Waals surface area contributed by atoms with Gasteiger partial charge in [0.25, 0.3) is 5.91 Å². The molecular weight excluding hydrogens is 388 g/mol. The molecule has 29 heavy (non-hydrogen) atoms. The number of hydrogen-bond donors (Lipinski definition) is 1. The van der Waals surface area contributed by atoms with Crippen LogP contribution in [0.2, 0.25) is 0 Å². The van der Waals surface area contributed by atoms with Crippen molar-refractivity contribution in [3.8, 4) is 5.75 Å². The summed E-state index contributed by atoms with van der Waals surface area (Å²) in [5.41, 5.74) is 2.88. The van der Waals surface area contributed by atoms with Gasteiger partial charge in [0.2, 0.25) is 10.0 Å². The minimum absolute atomic E-state index is 0.142.